The van der Waals surface area contributed by atoms with Gasteiger partial charge in [0.25, 0.3) is 6.47 Å². The number of para-hydroxylation sites is 2. The van der Waals surface area contributed by atoms with E-state index in [0.717, 1.165) is 27.7 Å². The molecule has 1 saturated heterocycles. The molecule has 0 unspecified atom stereocenters. The second-order valence-corrected chi connectivity index (χ2v) is 6.85. The van der Waals surface area contributed by atoms with E-state index in [1.165, 1.54) is 12.1 Å². The van der Waals surface area contributed by atoms with E-state index in [0.29, 0.717) is 0 Å². The number of hydrogen-bond donors (Lipinski definition) is 0. The molecule has 0 spiro atoms. The third kappa shape index (κ3) is 7.45. The Morgan fingerprint density at radius 3 is 1.91 bits per heavy atom. The van der Waals surface area contributed by atoms with E-state index in [2.05, 4.69) is 0 Å². The fraction of sp³-hybridized carbons (Fsp3) is 0.476. The lowest BCUT2D eigenvalue weighted by Gasteiger charge is -2.43. The highest BCUT2D eigenvalue weighted by Crippen LogP contribution is 2.34. The van der Waals surface area contributed by atoms with Crippen molar-refractivity contribution in [3.8, 4) is 11.5 Å². The van der Waals surface area contributed by atoms with Crippen LogP contribution in [0.2, 0.25) is 0 Å². The largest absolute Gasteiger partial charge is 0.463 e. The molecule has 0 N–H and O–H groups in total. The first-order valence-corrected chi connectivity index (χ1v) is 9.78. The lowest BCUT2D eigenvalue weighted by atomic mass is 9.98. The Bertz CT molecular complexity index is 882. The monoisotopic (exact) mass is 468 g/mol. The van der Waals surface area contributed by atoms with Gasteiger partial charge < -0.3 is 33.2 Å². The topological polar surface area (TPSA) is 150 Å². The van der Waals surface area contributed by atoms with Crippen LogP contribution in [0.3, 0.4) is 0 Å². The van der Waals surface area contributed by atoms with Crippen molar-refractivity contribution in [3.63, 3.8) is 0 Å². The van der Waals surface area contributed by atoms with E-state index in [1.54, 1.807) is 12.1 Å². The third-order valence-corrected chi connectivity index (χ3v) is 4.22. The van der Waals surface area contributed by atoms with Gasteiger partial charge in [0.05, 0.1) is 0 Å². The number of rotatable bonds is 9. The quantitative estimate of drug-likeness (QED) is 0.285. The van der Waals surface area contributed by atoms with E-state index in [9.17, 15) is 24.0 Å². The molecular weight excluding hydrogens is 444 g/mol. The minimum atomic E-state index is -1.44. The van der Waals surface area contributed by atoms with Crippen LogP contribution in [0.15, 0.2) is 24.3 Å². The Morgan fingerprint density at radius 1 is 0.818 bits per heavy atom. The van der Waals surface area contributed by atoms with E-state index in [-0.39, 0.29) is 18.0 Å². The van der Waals surface area contributed by atoms with Crippen LogP contribution in [0.1, 0.15) is 27.7 Å². The molecule has 5 atom stereocenters. The predicted molar refractivity (Wildman–Crippen MR) is 106 cm³/mol. The summed E-state index contributed by atoms with van der Waals surface area (Å²) in [5.41, 5.74) is 0. The van der Waals surface area contributed by atoms with E-state index < -0.39 is 61.2 Å². The smallest absolute Gasteiger partial charge is 0.303 e. The summed E-state index contributed by atoms with van der Waals surface area (Å²) in [4.78, 5) is 57.5. The summed E-state index contributed by atoms with van der Waals surface area (Å²) in [6, 6.07) is 6.05. The SMILES string of the molecule is CC(=O)OC[C@H]1O[C@@H](Oc2ccccc2OC=O)[C@H](OC(C)=O)[C@@H](OC(C)=O)[C@H]1OC(C)=O. The molecule has 0 bridgehead atoms. The van der Waals surface area contributed by atoms with Crippen molar-refractivity contribution in [1.29, 1.82) is 0 Å². The number of hydrogen-bond acceptors (Lipinski definition) is 12. The van der Waals surface area contributed by atoms with Crippen LogP contribution in [0.25, 0.3) is 0 Å². The second-order valence-electron chi connectivity index (χ2n) is 6.85. The first kappa shape index (κ1) is 25.6. The van der Waals surface area contributed by atoms with Gasteiger partial charge >= 0.3 is 23.9 Å². The van der Waals surface area contributed by atoms with Crippen LogP contribution < -0.4 is 9.47 Å². The zero-order valence-electron chi connectivity index (χ0n) is 18.4. The third-order valence-electron chi connectivity index (χ3n) is 4.22. The first-order valence-electron chi connectivity index (χ1n) is 9.78. The molecule has 33 heavy (non-hydrogen) atoms. The van der Waals surface area contributed by atoms with Crippen molar-refractivity contribution in [2.45, 2.75) is 58.4 Å². The molecule has 12 heteroatoms. The summed E-state index contributed by atoms with van der Waals surface area (Å²) in [5.74, 6) is -2.88. The number of carbonyl (C=O) groups excluding carboxylic acids is 5. The van der Waals surface area contributed by atoms with Crippen LogP contribution in [0.5, 0.6) is 11.5 Å². The number of esters is 4. The molecule has 180 valence electrons. The van der Waals surface area contributed by atoms with Crippen LogP contribution in [-0.2, 0) is 47.7 Å². The molecule has 1 aliphatic rings. The van der Waals surface area contributed by atoms with Gasteiger partial charge in [-0.2, -0.15) is 0 Å². The van der Waals surface area contributed by atoms with E-state index >= 15 is 0 Å². The zero-order chi connectivity index (χ0) is 24.5. The average molecular weight is 468 g/mol. The van der Waals surface area contributed by atoms with Gasteiger partial charge in [0, 0.05) is 27.7 Å². The van der Waals surface area contributed by atoms with Crippen molar-refractivity contribution in [3.05, 3.63) is 24.3 Å². The highest BCUT2D eigenvalue weighted by atomic mass is 16.7. The maximum atomic E-state index is 11.8. The summed E-state index contributed by atoms with van der Waals surface area (Å²) in [7, 11) is 0. The van der Waals surface area contributed by atoms with Crippen LogP contribution in [0, 0.1) is 0 Å². The number of benzene rings is 1. The van der Waals surface area contributed by atoms with Gasteiger partial charge in [-0.3, -0.25) is 24.0 Å². The molecule has 0 aromatic heterocycles. The van der Waals surface area contributed by atoms with Gasteiger partial charge in [-0.15, -0.1) is 0 Å². The molecule has 0 aliphatic carbocycles. The van der Waals surface area contributed by atoms with Gasteiger partial charge in [-0.1, -0.05) is 12.1 Å². The molecule has 1 fully saturated rings. The maximum Gasteiger partial charge on any atom is 0.303 e. The molecule has 1 heterocycles. The normalized spacial score (nSPS) is 24.1. The van der Waals surface area contributed by atoms with Crippen molar-refractivity contribution in [1.82, 2.24) is 0 Å². The Balaban J connectivity index is 2.49. The van der Waals surface area contributed by atoms with Crippen molar-refractivity contribution < 1.29 is 57.1 Å². The number of carbonyl (C=O) groups is 5. The Kier molecular flexibility index (Phi) is 9.16. The Labute approximate surface area is 189 Å². The molecule has 1 aromatic rings. The fourth-order valence-electron chi connectivity index (χ4n) is 3.11. The van der Waals surface area contributed by atoms with E-state index in [1.807, 2.05) is 0 Å². The zero-order valence-corrected chi connectivity index (χ0v) is 18.4. The van der Waals surface area contributed by atoms with Gasteiger partial charge in [0.1, 0.15) is 12.7 Å². The second kappa shape index (κ2) is 11.8. The highest BCUT2D eigenvalue weighted by molar-refractivity contribution is 5.68. The van der Waals surface area contributed by atoms with E-state index in [4.69, 9.17) is 33.2 Å². The van der Waals surface area contributed by atoms with Crippen molar-refractivity contribution >= 4 is 30.3 Å². The predicted octanol–water partition coefficient (Wildman–Crippen LogP) is 0.684. The molecule has 0 saturated carbocycles. The molecule has 12 nitrogen and oxygen atoms in total. The summed E-state index contributed by atoms with van der Waals surface area (Å²) >= 11 is 0. The highest BCUT2D eigenvalue weighted by Gasteiger charge is 2.53. The number of ether oxygens (including phenoxy) is 7. The molecule has 0 radical (unpaired) electrons. The molecular formula is C21H24O12. The summed E-state index contributed by atoms with van der Waals surface area (Å²) < 4.78 is 37.4. The van der Waals surface area contributed by atoms with Gasteiger partial charge in [0.15, 0.2) is 23.7 Å². The van der Waals surface area contributed by atoms with Gasteiger partial charge in [-0.05, 0) is 12.1 Å². The minimum absolute atomic E-state index is 0.0281. The Morgan fingerprint density at radius 2 is 1.36 bits per heavy atom. The van der Waals surface area contributed by atoms with Crippen molar-refractivity contribution in [2.24, 2.45) is 0 Å². The maximum absolute atomic E-state index is 11.8. The molecule has 0 amide bonds. The van der Waals surface area contributed by atoms with Gasteiger partial charge in [0.2, 0.25) is 12.4 Å². The summed E-state index contributed by atoms with van der Waals surface area (Å²) in [6.45, 7) is 4.28. The van der Waals surface area contributed by atoms with Crippen LogP contribution in [-0.4, -0.2) is 67.7 Å². The lowest BCUT2D eigenvalue weighted by molar-refractivity contribution is -0.288. The average Bonchev–Trinajstić information content (AvgIpc) is 2.71. The lowest BCUT2D eigenvalue weighted by Crippen LogP contribution is -2.63. The Hall–Kier alpha value is -3.67. The fourth-order valence-corrected chi connectivity index (χ4v) is 3.11. The molecule has 2 rings (SSSR count). The van der Waals surface area contributed by atoms with Gasteiger partial charge in [-0.25, -0.2) is 0 Å². The first-order chi connectivity index (χ1) is 15.6. The summed E-state index contributed by atoms with van der Waals surface area (Å²) in [6.07, 6.45) is -6.71. The molecule has 1 aromatic carbocycles. The van der Waals surface area contributed by atoms with Crippen LogP contribution >= 0.6 is 0 Å². The van der Waals surface area contributed by atoms with Crippen molar-refractivity contribution in [2.75, 3.05) is 6.61 Å². The summed E-state index contributed by atoms with van der Waals surface area (Å²) in [5, 5.41) is 0. The molecule has 1 aliphatic heterocycles. The standard InChI is InChI=1S/C21H24O12/c1-11(23)27-9-17-18(29-12(2)24)19(30-13(3)25)20(31-14(4)26)21(33-17)32-16-8-6-5-7-15(16)28-10-22/h5-8,10,17-21H,9H2,1-4H3/t17-,18+,19+,20-,21-/m1/s1. The van der Waals surface area contributed by atoms with Crippen LogP contribution in [0.4, 0.5) is 0 Å². The minimum Gasteiger partial charge on any atom is -0.463 e.